The number of thiazole rings is 1. The molecule has 1 aliphatic heterocycles. The molecule has 0 saturated carbocycles. The summed E-state index contributed by atoms with van der Waals surface area (Å²) in [6.45, 7) is 3.06. The Morgan fingerprint density at radius 1 is 1.43 bits per heavy atom. The van der Waals surface area contributed by atoms with Crippen LogP contribution in [0.4, 0.5) is 0 Å². The van der Waals surface area contributed by atoms with Gasteiger partial charge in [-0.25, -0.2) is 4.98 Å². The van der Waals surface area contributed by atoms with E-state index in [4.69, 9.17) is 0 Å². The summed E-state index contributed by atoms with van der Waals surface area (Å²) in [7, 11) is 5.70. The summed E-state index contributed by atoms with van der Waals surface area (Å²) in [5, 5.41) is 6.55. The zero-order valence-corrected chi connectivity index (χ0v) is 14.1. The molecule has 0 spiro atoms. The molecule has 0 radical (unpaired) electrons. The number of rotatable bonds is 6. The average Bonchev–Trinajstić information content (AvgIpc) is 2.86. The highest BCUT2D eigenvalue weighted by Crippen LogP contribution is 2.14. The van der Waals surface area contributed by atoms with Crippen molar-refractivity contribution in [2.75, 3.05) is 34.2 Å². The molecule has 0 aliphatic carbocycles. The van der Waals surface area contributed by atoms with E-state index in [1.807, 2.05) is 0 Å². The molecule has 1 aromatic rings. The minimum atomic E-state index is 0.107. The first kappa shape index (κ1) is 16.4. The van der Waals surface area contributed by atoms with Gasteiger partial charge in [-0.05, 0) is 26.4 Å². The van der Waals surface area contributed by atoms with Gasteiger partial charge in [0.05, 0.1) is 12.1 Å². The van der Waals surface area contributed by atoms with Gasteiger partial charge in [-0.15, -0.1) is 11.3 Å². The van der Waals surface area contributed by atoms with Crippen LogP contribution in [-0.2, 0) is 17.8 Å². The van der Waals surface area contributed by atoms with Crippen LogP contribution in [0, 0.1) is 0 Å². The van der Waals surface area contributed by atoms with E-state index in [0.717, 1.165) is 30.3 Å². The molecule has 0 bridgehead atoms. The van der Waals surface area contributed by atoms with Crippen LogP contribution in [0.25, 0.3) is 0 Å². The predicted molar refractivity (Wildman–Crippen MR) is 86.5 cm³/mol. The Balaban J connectivity index is 1.79. The van der Waals surface area contributed by atoms with Gasteiger partial charge in [0, 0.05) is 38.6 Å². The van der Waals surface area contributed by atoms with Crippen LogP contribution in [-0.4, -0.2) is 61.0 Å². The van der Waals surface area contributed by atoms with Crippen LogP contribution in [0.2, 0.25) is 0 Å². The molecular formula is C15H26N4OS. The molecule has 1 fully saturated rings. The van der Waals surface area contributed by atoms with Crippen molar-refractivity contribution in [3.05, 3.63) is 16.1 Å². The number of piperidine rings is 1. The minimum absolute atomic E-state index is 0.107. The SMILES string of the molecule is CN(Cc1csc(CC(=O)N(C)C)n1)CC1CCCCN1. The minimum Gasteiger partial charge on any atom is -0.348 e. The Labute approximate surface area is 131 Å². The van der Waals surface area contributed by atoms with Crippen molar-refractivity contribution in [3.8, 4) is 0 Å². The first-order chi connectivity index (χ1) is 10.0. The number of hydrogen-bond acceptors (Lipinski definition) is 5. The molecule has 1 amide bonds. The second-order valence-electron chi connectivity index (χ2n) is 6.04. The van der Waals surface area contributed by atoms with Gasteiger partial charge in [0.15, 0.2) is 0 Å². The number of aromatic nitrogens is 1. The molecule has 1 unspecified atom stereocenters. The number of nitrogens with zero attached hydrogens (tertiary/aromatic N) is 3. The standard InChI is InChI=1S/C15H26N4OS/c1-18(2)15(20)8-14-17-13(11-21-14)10-19(3)9-12-6-4-5-7-16-12/h11-12,16H,4-10H2,1-3H3. The maximum atomic E-state index is 11.7. The van der Waals surface area contributed by atoms with Gasteiger partial charge in [0.1, 0.15) is 5.01 Å². The lowest BCUT2D eigenvalue weighted by atomic mass is 10.0. The Morgan fingerprint density at radius 3 is 2.90 bits per heavy atom. The first-order valence-corrected chi connectivity index (χ1v) is 8.48. The van der Waals surface area contributed by atoms with Gasteiger partial charge in [0.2, 0.25) is 5.91 Å². The summed E-state index contributed by atoms with van der Waals surface area (Å²) in [4.78, 5) is 20.2. The molecule has 1 saturated heterocycles. The quantitative estimate of drug-likeness (QED) is 0.861. The van der Waals surface area contributed by atoms with Crippen LogP contribution >= 0.6 is 11.3 Å². The zero-order chi connectivity index (χ0) is 15.2. The average molecular weight is 310 g/mol. The smallest absolute Gasteiger partial charge is 0.228 e. The molecule has 1 atom stereocenters. The molecule has 6 heteroatoms. The molecule has 21 heavy (non-hydrogen) atoms. The molecule has 1 aromatic heterocycles. The first-order valence-electron chi connectivity index (χ1n) is 7.60. The van der Waals surface area contributed by atoms with E-state index < -0.39 is 0 Å². The molecule has 1 N–H and O–H groups in total. The van der Waals surface area contributed by atoms with Gasteiger partial charge in [0.25, 0.3) is 0 Å². The van der Waals surface area contributed by atoms with Crippen molar-refractivity contribution in [1.82, 2.24) is 20.1 Å². The highest BCUT2D eigenvalue weighted by molar-refractivity contribution is 7.09. The second-order valence-corrected chi connectivity index (χ2v) is 6.98. The highest BCUT2D eigenvalue weighted by Gasteiger charge is 2.16. The number of carbonyl (C=O) groups excluding carboxylic acids is 1. The van der Waals surface area contributed by atoms with Crippen molar-refractivity contribution >= 4 is 17.2 Å². The largest absolute Gasteiger partial charge is 0.348 e. The van der Waals surface area contributed by atoms with E-state index in [0.29, 0.717) is 12.5 Å². The number of carbonyl (C=O) groups is 1. The van der Waals surface area contributed by atoms with Crippen LogP contribution in [0.1, 0.15) is 30.0 Å². The Morgan fingerprint density at radius 2 is 2.24 bits per heavy atom. The van der Waals surface area contributed by atoms with Crippen LogP contribution in [0.5, 0.6) is 0 Å². The van der Waals surface area contributed by atoms with Crippen LogP contribution < -0.4 is 5.32 Å². The summed E-state index contributed by atoms with van der Waals surface area (Å²) in [6.07, 6.45) is 4.31. The lowest BCUT2D eigenvalue weighted by molar-refractivity contribution is -0.127. The molecule has 0 aromatic carbocycles. The normalized spacial score (nSPS) is 19.0. The molecule has 118 valence electrons. The maximum Gasteiger partial charge on any atom is 0.228 e. The van der Waals surface area contributed by atoms with Crippen molar-refractivity contribution in [1.29, 1.82) is 0 Å². The van der Waals surface area contributed by atoms with Crippen molar-refractivity contribution in [2.24, 2.45) is 0 Å². The summed E-state index contributed by atoms with van der Waals surface area (Å²) >= 11 is 1.58. The third-order valence-corrected chi connectivity index (χ3v) is 4.67. The number of amides is 1. The maximum absolute atomic E-state index is 11.7. The van der Waals surface area contributed by atoms with Crippen molar-refractivity contribution in [2.45, 2.75) is 38.3 Å². The number of nitrogens with one attached hydrogen (secondary N) is 1. The van der Waals surface area contributed by atoms with Gasteiger partial charge in [-0.3, -0.25) is 9.69 Å². The third kappa shape index (κ3) is 5.37. The molecule has 2 rings (SSSR count). The monoisotopic (exact) mass is 310 g/mol. The predicted octanol–water partition coefficient (Wildman–Crippen LogP) is 1.35. The second kappa shape index (κ2) is 7.87. The van der Waals surface area contributed by atoms with Crippen molar-refractivity contribution in [3.63, 3.8) is 0 Å². The topological polar surface area (TPSA) is 48.5 Å². The fraction of sp³-hybridized carbons (Fsp3) is 0.733. The summed E-state index contributed by atoms with van der Waals surface area (Å²) in [5.41, 5.74) is 1.07. The van der Waals surface area contributed by atoms with Crippen molar-refractivity contribution < 1.29 is 4.79 Å². The van der Waals surface area contributed by atoms with Gasteiger partial charge < -0.3 is 10.2 Å². The Hall–Kier alpha value is -0.980. The molecular weight excluding hydrogens is 284 g/mol. The van der Waals surface area contributed by atoms with E-state index in [2.05, 4.69) is 27.6 Å². The van der Waals surface area contributed by atoms with Crippen LogP contribution in [0.15, 0.2) is 5.38 Å². The fourth-order valence-corrected chi connectivity index (χ4v) is 3.36. The summed E-state index contributed by atoms with van der Waals surface area (Å²) in [5.74, 6) is 0.107. The zero-order valence-electron chi connectivity index (χ0n) is 13.3. The fourth-order valence-electron chi connectivity index (χ4n) is 2.59. The summed E-state index contributed by atoms with van der Waals surface area (Å²) in [6, 6.07) is 0.608. The van der Waals surface area contributed by atoms with E-state index >= 15 is 0 Å². The van der Waals surface area contributed by atoms with E-state index in [1.165, 1.54) is 19.3 Å². The van der Waals surface area contributed by atoms with E-state index in [-0.39, 0.29) is 5.91 Å². The summed E-state index contributed by atoms with van der Waals surface area (Å²) < 4.78 is 0. The van der Waals surface area contributed by atoms with E-state index in [9.17, 15) is 4.79 Å². The number of hydrogen-bond donors (Lipinski definition) is 1. The Bertz CT molecular complexity index is 454. The molecule has 2 heterocycles. The third-order valence-electron chi connectivity index (χ3n) is 3.78. The highest BCUT2D eigenvalue weighted by atomic mass is 32.1. The van der Waals surface area contributed by atoms with Gasteiger partial charge >= 0.3 is 0 Å². The lowest BCUT2D eigenvalue weighted by Crippen LogP contribution is -2.42. The Kier molecular flexibility index (Phi) is 6.14. The van der Waals surface area contributed by atoms with E-state index in [1.54, 1.807) is 30.3 Å². The molecule has 5 nitrogen and oxygen atoms in total. The molecule has 1 aliphatic rings. The van der Waals surface area contributed by atoms with Crippen LogP contribution in [0.3, 0.4) is 0 Å². The lowest BCUT2D eigenvalue weighted by Gasteiger charge is -2.27. The van der Waals surface area contributed by atoms with Gasteiger partial charge in [-0.1, -0.05) is 6.42 Å². The number of likely N-dealkylation sites (N-methyl/N-ethyl adjacent to an activating group) is 2. The van der Waals surface area contributed by atoms with Gasteiger partial charge in [-0.2, -0.15) is 0 Å².